The number of aromatic nitrogens is 3. The zero-order chi connectivity index (χ0) is 12.1. The van der Waals surface area contributed by atoms with Gasteiger partial charge in [0.25, 0.3) is 5.91 Å². The summed E-state index contributed by atoms with van der Waals surface area (Å²) in [5.41, 5.74) is 0.780. The largest absolute Gasteiger partial charge is 0.291 e. The first kappa shape index (κ1) is 11.3. The second kappa shape index (κ2) is 5.27. The third kappa shape index (κ3) is 3.15. The molecular formula is C11H9ClN4O. The van der Waals surface area contributed by atoms with Crippen molar-refractivity contribution in [2.45, 2.75) is 0 Å². The Hall–Kier alpha value is -2.14. The molecule has 0 aliphatic rings. The van der Waals surface area contributed by atoms with Crippen LogP contribution < -0.4 is 5.32 Å². The molecule has 0 spiro atoms. The fourth-order valence-corrected chi connectivity index (χ4v) is 1.40. The molecule has 0 saturated heterocycles. The Morgan fingerprint density at radius 2 is 2.24 bits per heavy atom. The van der Waals surface area contributed by atoms with Gasteiger partial charge >= 0.3 is 0 Å². The second-order valence-electron chi connectivity index (χ2n) is 3.18. The lowest BCUT2D eigenvalue weighted by Gasteiger charge is -1.97. The lowest BCUT2D eigenvalue weighted by atomic mass is 10.2. The standard InChI is InChI=1S/C11H9ClN4O/c12-9-4-2-1-3-8(9)5-6-10(17)15-11-13-7-14-16-11/h1-7H,(H2,13,14,15,16,17)/b6-5+. The van der Waals surface area contributed by atoms with Crippen LogP contribution in [-0.4, -0.2) is 21.1 Å². The number of H-pyrrole nitrogens is 1. The highest BCUT2D eigenvalue weighted by Gasteiger charge is 2.00. The molecular weight excluding hydrogens is 240 g/mol. The van der Waals surface area contributed by atoms with Crippen molar-refractivity contribution in [3.63, 3.8) is 0 Å². The second-order valence-corrected chi connectivity index (χ2v) is 3.59. The molecule has 0 saturated carbocycles. The van der Waals surface area contributed by atoms with E-state index >= 15 is 0 Å². The molecule has 0 fully saturated rings. The van der Waals surface area contributed by atoms with E-state index in [-0.39, 0.29) is 5.91 Å². The maximum Gasteiger partial charge on any atom is 0.250 e. The van der Waals surface area contributed by atoms with E-state index in [0.717, 1.165) is 5.56 Å². The van der Waals surface area contributed by atoms with E-state index in [9.17, 15) is 4.79 Å². The topological polar surface area (TPSA) is 70.7 Å². The van der Waals surface area contributed by atoms with E-state index in [2.05, 4.69) is 20.5 Å². The van der Waals surface area contributed by atoms with Crippen molar-refractivity contribution in [1.29, 1.82) is 0 Å². The molecule has 86 valence electrons. The van der Waals surface area contributed by atoms with Crippen LogP contribution in [0.4, 0.5) is 5.95 Å². The summed E-state index contributed by atoms with van der Waals surface area (Å²) < 4.78 is 0. The van der Waals surface area contributed by atoms with Crippen LogP contribution >= 0.6 is 11.6 Å². The SMILES string of the molecule is O=C(/C=C/c1ccccc1Cl)Nc1ncn[nH]1. The van der Waals surface area contributed by atoms with Crippen LogP contribution in [0.1, 0.15) is 5.56 Å². The van der Waals surface area contributed by atoms with Gasteiger partial charge in [-0.15, -0.1) is 0 Å². The Morgan fingerprint density at radius 3 is 2.94 bits per heavy atom. The van der Waals surface area contributed by atoms with Crippen molar-refractivity contribution in [1.82, 2.24) is 15.2 Å². The average molecular weight is 249 g/mol. The van der Waals surface area contributed by atoms with Gasteiger partial charge < -0.3 is 0 Å². The highest BCUT2D eigenvalue weighted by Crippen LogP contribution is 2.16. The van der Waals surface area contributed by atoms with E-state index < -0.39 is 0 Å². The smallest absolute Gasteiger partial charge is 0.250 e. The molecule has 0 bridgehead atoms. The van der Waals surface area contributed by atoms with Crippen LogP contribution in [0.3, 0.4) is 0 Å². The number of benzene rings is 1. The van der Waals surface area contributed by atoms with Crippen LogP contribution in [-0.2, 0) is 4.79 Å². The highest BCUT2D eigenvalue weighted by molar-refractivity contribution is 6.32. The molecule has 1 heterocycles. The third-order valence-electron chi connectivity index (χ3n) is 1.98. The van der Waals surface area contributed by atoms with E-state index in [1.54, 1.807) is 12.1 Å². The van der Waals surface area contributed by atoms with Gasteiger partial charge in [-0.2, -0.15) is 10.1 Å². The highest BCUT2D eigenvalue weighted by atomic mass is 35.5. The Balaban J connectivity index is 2.01. The first-order valence-corrected chi connectivity index (χ1v) is 5.22. The summed E-state index contributed by atoms with van der Waals surface area (Å²) in [6, 6.07) is 7.25. The molecule has 0 unspecified atom stereocenters. The summed E-state index contributed by atoms with van der Waals surface area (Å²) in [7, 11) is 0. The van der Waals surface area contributed by atoms with Gasteiger partial charge in [0.1, 0.15) is 6.33 Å². The minimum absolute atomic E-state index is 0.304. The summed E-state index contributed by atoms with van der Waals surface area (Å²) >= 11 is 5.94. The zero-order valence-electron chi connectivity index (χ0n) is 8.72. The normalized spacial score (nSPS) is 10.6. The van der Waals surface area contributed by atoms with Crippen molar-refractivity contribution in [3.8, 4) is 0 Å². The fourth-order valence-electron chi connectivity index (χ4n) is 1.20. The molecule has 2 rings (SSSR count). The Labute approximate surface area is 103 Å². The van der Waals surface area contributed by atoms with Gasteiger partial charge in [0.15, 0.2) is 0 Å². The number of amides is 1. The van der Waals surface area contributed by atoms with Crippen LogP contribution in [0.25, 0.3) is 6.08 Å². The molecule has 0 aliphatic carbocycles. The first-order valence-electron chi connectivity index (χ1n) is 4.84. The number of nitrogens with zero attached hydrogens (tertiary/aromatic N) is 2. The van der Waals surface area contributed by atoms with E-state index in [1.807, 2.05) is 18.2 Å². The molecule has 0 radical (unpaired) electrons. The monoisotopic (exact) mass is 248 g/mol. The summed E-state index contributed by atoms with van der Waals surface area (Å²) in [6.07, 6.45) is 4.32. The predicted molar refractivity (Wildman–Crippen MR) is 65.5 cm³/mol. The average Bonchev–Trinajstić information content (AvgIpc) is 2.81. The van der Waals surface area contributed by atoms with Gasteiger partial charge in [-0.25, -0.2) is 5.10 Å². The van der Waals surface area contributed by atoms with Crippen LogP contribution in [0, 0.1) is 0 Å². The van der Waals surface area contributed by atoms with Gasteiger partial charge in [-0.1, -0.05) is 29.8 Å². The zero-order valence-corrected chi connectivity index (χ0v) is 9.48. The quantitative estimate of drug-likeness (QED) is 0.818. The molecule has 2 aromatic rings. The molecule has 1 aromatic heterocycles. The van der Waals surface area contributed by atoms with Gasteiger partial charge in [0.2, 0.25) is 5.95 Å². The molecule has 17 heavy (non-hydrogen) atoms. The predicted octanol–water partition coefficient (Wildman–Crippen LogP) is 2.11. The maximum atomic E-state index is 11.5. The Morgan fingerprint density at radius 1 is 1.41 bits per heavy atom. The van der Waals surface area contributed by atoms with Crippen molar-refractivity contribution in [2.75, 3.05) is 5.32 Å². The molecule has 6 heteroatoms. The number of halogens is 1. The van der Waals surface area contributed by atoms with Gasteiger partial charge in [-0.3, -0.25) is 10.1 Å². The number of hydrogen-bond acceptors (Lipinski definition) is 3. The molecule has 0 aliphatic heterocycles. The number of nitrogens with one attached hydrogen (secondary N) is 2. The van der Waals surface area contributed by atoms with Crippen molar-refractivity contribution < 1.29 is 4.79 Å². The van der Waals surface area contributed by atoms with E-state index in [4.69, 9.17) is 11.6 Å². The van der Waals surface area contributed by atoms with Gasteiger partial charge in [-0.05, 0) is 17.7 Å². The summed E-state index contributed by atoms with van der Waals surface area (Å²) in [6.45, 7) is 0. The number of rotatable bonds is 3. The molecule has 5 nitrogen and oxygen atoms in total. The number of hydrogen-bond donors (Lipinski definition) is 2. The first-order chi connectivity index (χ1) is 8.25. The number of carbonyl (C=O) groups is 1. The fraction of sp³-hybridized carbons (Fsp3) is 0. The van der Waals surface area contributed by atoms with E-state index in [1.165, 1.54) is 12.4 Å². The van der Waals surface area contributed by atoms with E-state index in [0.29, 0.717) is 11.0 Å². The number of aromatic amines is 1. The maximum absolute atomic E-state index is 11.5. The van der Waals surface area contributed by atoms with Crippen LogP contribution in [0.5, 0.6) is 0 Å². The minimum Gasteiger partial charge on any atom is -0.291 e. The van der Waals surface area contributed by atoms with Gasteiger partial charge in [0.05, 0.1) is 0 Å². The lowest BCUT2D eigenvalue weighted by Crippen LogP contribution is -2.08. The summed E-state index contributed by atoms with van der Waals surface area (Å²) in [4.78, 5) is 15.2. The molecule has 0 atom stereocenters. The molecule has 2 N–H and O–H groups in total. The van der Waals surface area contributed by atoms with Crippen LogP contribution in [0.15, 0.2) is 36.7 Å². The van der Waals surface area contributed by atoms with Crippen molar-refractivity contribution >= 4 is 29.5 Å². The summed E-state index contributed by atoms with van der Waals surface area (Å²) in [5, 5.41) is 9.24. The lowest BCUT2D eigenvalue weighted by molar-refractivity contribution is -0.111. The molecule has 1 amide bonds. The number of carbonyl (C=O) groups excluding carboxylic acids is 1. The minimum atomic E-state index is -0.304. The third-order valence-corrected chi connectivity index (χ3v) is 2.32. The Bertz CT molecular complexity index is 536. The molecule has 1 aromatic carbocycles. The van der Waals surface area contributed by atoms with Crippen LogP contribution in [0.2, 0.25) is 5.02 Å². The Kier molecular flexibility index (Phi) is 3.52. The van der Waals surface area contributed by atoms with Crippen molar-refractivity contribution in [2.24, 2.45) is 0 Å². The summed E-state index contributed by atoms with van der Waals surface area (Å²) in [5.74, 6) is 0.000443. The number of anilines is 1. The van der Waals surface area contributed by atoms with Gasteiger partial charge in [0, 0.05) is 11.1 Å². The van der Waals surface area contributed by atoms with Crippen molar-refractivity contribution in [3.05, 3.63) is 47.3 Å².